The fourth-order valence-corrected chi connectivity index (χ4v) is 4.41. The molecule has 4 rings (SSSR count). The molecule has 0 radical (unpaired) electrons. The Labute approximate surface area is 158 Å². The molecular formula is C21H19Cl2NO. The van der Waals surface area contributed by atoms with Gasteiger partial charge in [0.25, 0.3) is 0 Å². The van der Waals surface area contributed by atoms with Crippen LogP contribution in [-0.2, 0) is 0 Å². The van der Waals surface area contributed by atoms with Crippen molar-refractivity contribution in [2.45, 2.75) is 18.4 Å². The van der Waals surface area contributed by atoms with E-state index in [1.807, 2.05) is 24.3 Å². The van der Waals surface area contributed by atoms with Gasteiger partial charge in [-0.25, -0.2) is 0 Å². The SMILES string of the molecule is C=CCOc1ccc2c(c1)C1C=CCC1C(c1ccc(Cl)cc1Cl)N2. The average Bonchev–Trinajstić information content (AvgIpc) is 3.09. The minimum absolute atomic E-state index is 0.164. The molecule has 0 spiro atoms. The molecule has 25 heavy (non-hydrogen) atoms. The molecule has 3 atom stereocenters. The molecule has 2 aliphatic rings. The van der Waals surface area contributed by atoms with Crippen molar-refractivity contribution in [1.82, 2.24) is 0 Å². The highest BCUT2D eigenvalue weighted by Crippen LogP contribution is 2.51. The first kappa shape index (κ1) is 16.6. The number of ether oxygens (including phenoxy) is 1. The molecule has 2 aromatic carbocycles. The predicted molar refractivity (Wildman–Crippen MR) is 105 cm³/mol. The van der Waals surface area contributed by atoms with Gasteiger partial charge < -0.3 is 10.1 Å². The molecule has 0 saturated carbocycles. The number of halogens is 2. The molecule has 4 heteroatoms. The first-order chi connectivity index (χ1) is 12.2. The van der Waals surface area contributed by atoms with Gasteiger partial charge >= 0.3 is 0 Å². The van der Waals surface area contributed by atoms with Crippen molar-refractivity contribution in [2.75, 3.05) is 11.9 Å². The lowest BCUT2D eigenvalue weighted by Crippen LogP contribution is -2.29. The molecule has 1 N–H and O–H groups in total. The largest absolute Gasteiger partial charge is 0.490 e. The number of allylic oxidation sites excluding steroid dienone is 2. The first-order valence-corrected chi connectivity index (χ1v) is 9.19. The Hall–Kier alpha value is -1.90. The zero-order chi connectivity index (χ0) is 17.4. The van der Waals surface area contributed by atoms with Crippen molar-refractivity contribution in [3.05, 3.63) is 82.4 Å². The van der Waals surface area contributed by atoms with Crippen LogP contribution >= 0.6 is 23.2 Å². The van der Waals surface area contributed by atoms with Gasteiger partial charge in [-0.3, -0.25) is 0 Å². The number of fused-ring (bicyclic) bond motifs is 3. The van der Waals surface area contributed by atoms with Crippen LogP contribution in [0, 0.1) is 5.92 Å². The maximum absolute atomic E-state index is 6.49. The van der Waals surface area contributed by atoms with Crippen LogP contribution in [0.15, 0.2) is 61.2 Å². The summed E-state index contributed by atoms with van der Waals surface area (Å²) < 4.78 is 5.71. The Morgan fingerprint density at radius 1 is 1.16 bits per heavy atom. The third kappa shape index (κ3) is 3.05. The van der Waals surface area contributed by atoms with E-state index in [2.05, 4.69) is 36.2 Å². The van der Waals surface area contributed by atoms with Crippen molar-refractivity contribution in [1.29, 1.82) is 0 Å². The monoisotopic (exact) mass is 371 g/mol. The van der Waals surface area contributed by atoms with E-state index >= 15 is 0 Å². The highest BCUT2D eigenvalue weighted by molar-refractivity contribution is 6.35. The van der Waals surface area contributed by atoms with Crippen LogP contribution in [0.25, 0.3) is 0 Å². The smallest absolute Gasteiger partial charge is 0.120 e. The second-order valence-corrected chi connectivity index (χ2v) is 7.33. The lowest BCUT2D eigenvalue weighted by molar-refractivity contribution is 0.361. The van der Waals surface area contributed by atoms with Crippen molar-refractivity contribution in [3.63, 3.8) is 0 Å². The van der Waals surface area contributed by atoms with E-state index in [0.29, 0.717) is 28.5 Å². The van der Waals surface area contributed by atoms with Gasteiger partial charge in [0.2, 0.25) is 0 Å². The minimum Gasteiger partial charge on any atom is -0.490 e. The third-order valence-electron chi connectivity index (χ3n) is 5.00. The van der Waals surface area contributed by atoms with Crippen molar-refractivity contribution < 1.29 is 4.74 Å². The van der Waals surface area contributed by atoms with Gasteiger partial charge in [0.05, 0.1) is 6.04 Å². The standard InChI is InChI=1S/C21H19Cl2NO/c1-2-10-25-14-7-9-20-18(12-14)15-4-3-5-16(15)21(24-20)17-8-6-13(22)11-19(17)23/h2-4,6-9,11-12,15-16,21,24H,1,5,10H2. The fraction of sp³-hybridized carbons (Fsp3) is 0.238. The molecule has 2 nitrogen and oxygen atoms in total. The average molecular weight is 372 g/mol. The van der Waals surface area contributed by atoms with E-state index in [4.69, 9.17) is 27.9 Å². The molecule has 2 aromatic rings. The number of hydrogen-bond donors (Lipinski definition) is 1. The Morgan fingerprint density at radius 2 is 2.04 bits per heavy atom. The third-order valence-corrected chi connectivity index (χ3v) is 5.56. The van der Waals surface area contributed by atoms with E-state index in [0.717, 1.165) is 23.4 Å². The minimum atomic E-state index is 0.164. The lowest BCUT2D eigenvalue weighted by atomic mass is 9.77. The zero-order valence-electron chi connectivity index (χ0n) is 13.7. The normalized spacial score (nSPS) is 23.5. The Balaban J connectivity index is 1.72. The van der Waals surface area contributed by atoms with Gasteiger partial charge in [0.15, 0.2) is 0 Å². The summed E-state index contributed by atoms with van der Waals surface area (Å²) in [6.45, 7) is 4.22. The molecule has 0 amide bonds. The molecule has 3 unspecified atom stereocenters. The summed E-state index contributed by atoms with van der Waals surface area (Å²) in [5.41, 5.74) is 3.51. The molecule has 0 saturated heterocycles. The van der Waals surface area contributed by atoms with Crippen LogP contribution in [0.5, 0.6) is 5.75 Å². The second kappa shape index (κ2) is 6.78. The number of anilines is 1. The van der Waals surface area contributed by atoms with Gasteiger partial charge in [-0.1, -0.05) is 54.1 Å². The van der Waals surface area contributed by atoms with Gasteiger partial charge in [-0.05, 0) is 53.8 Å². The summed E-state index contributed by atoms with van der Waals surface area (Å²) in [5, 5.41) is 5.06. The maximum atomic E-state index is 6.49. The molecule has 1 aliphatic heterocycles. The van der Waals surface area contributed by atoms with Crippen molar-refractivity contribution >= 4 is 28.9 Å². The Kier molecular flexibility index (Phi) is 4.49. The van der Waals surface area contributed by atoms with Crippen LogP contribution in [0.2, 0.25) is 10.0 Å². The highest BCUT2D eigenvalue weighted by Gasteiger charge is 2.38. The predicted octanol–water partition coefficient (Wildman–Crippen LogP) is 6.38. The maximum Gasteiger partial charge on any atom is 0.120 e. The molecule has 1 aliphatic carbocycles. The molecule has 0 aromatic heterocycles. The Bertz CT molecular complexity index is 846. The number of rotatable bonds is 4. The summed E-state index contributed by atoms with van der Waals surface area (Å²) in [7, 11) is 0. The molecular weight excluding hydrogens is 353 g/mol. The number of nitrogens with one attached hydrogen (secondary N) is 1. The van der Waals surface area contributed by atoms with Crippen molar-refractivity contribution in [3.8, 4) is 5.75 Å². The summed E-state index contributed by atoms with van der Waals surface area (Å²) in [5.74, 6) is 1.67. The topological polar surface area (TPSA) is 21.3 Å². The molecule has 0 fully saturated rings. The van der Waals surface area contributed by atoms with Crippen LogP contribution in [-0.4, -0.2) is 6.61 Å². The van der Waals surface area contributed by atoms with E-state index in [9.17, 15) is 0 Å². The van der Waals surface area contributed by atoms with E-state index < -0.39 is 0 Å². The molecule has 1 heterocycles. The summed E-state index contributed by atoms with van der Waals surface area (Å²) in [4.78, 5) is 0. The van der Waals surface area contributed by atoms with Gasteiger partial charge in [0, 0.05) is 21.7 Å². The molecule has 0 bridgehead atoms. The van der Waals surface area contributed by atoms with Gasteiger partial charge in [-0.15, -0.1) is 0 Å². The van der Waals surface area contributed by atoms with E-state index in [1.165, 1.54) is 5.56 Å². The van der Waals surface area contributed by atoms with Crippen molar-refractivity contribution in [2.24, 2.45) is 5.92 Å². The first-order valence-electron chi connectivity index (χ1n) is 8.43. The van der Waals surface area contributed by atoms with E-state index in [-0.39, 0.29) is 6.04 Å². The number of hydrogen-bond acceptors (Lipinski definition) is 2. The fourth-order valence-electron chi connectivity index (χ4n) is 3.88. The van der Waals surface area contributed by atoms with E-state index in [1.54, 1.807) is 6.08 Å². The zero-order valence-corrected chi connectivity index (χ0v) is 15.2. The lowest BCUT2D eigenvalue weighted by Gasteiger charge is -2.38. The summed E-state index contributed by atoms with van der Waals surface area (Å²) >= 11 is 12.6. The highest BCUT2D eigenvalue weighted by atomic mass is 35.5. The Morgan fingerprint density at radius 3 is 2.84 bits per heavy atom. The van der Waals surface area contributed by atoms with Crippen LogP contribution in [0.4, 0.5) is 5.69 Å². The summed E-state index contributed by atoms with van der Waals surface area (Å²) in [6, 6.07) is 12.1. The van der Waals surface area contributed by atoms with Crippen LogP contribution in [0.1, 0.15) is 29.5 Å². The second-order valence-electron chi connectivity index (χ2n) is 6.49. The van der Waals surface area contributed by atoms with Gasteiger partial charge in [-0.2, -0.15) is 0 Å². The molecule has 128 valence electrons. The summed E-state index contributed by atoms with van der Waals surface area (Å²) in [6.07, 6.45) is 7.35. The van der Waals surface area contributed by atoms with Crippen LogP contribution in [0.3, 0.4) is 0 Å². The quantitative estimate of drug-likeness (QED) is 0.629. The van der Waals surface area contributed by atoms with Gasteiger partial charge in [0.1, 0.15) is 12.4 Å². The number of benzene rings is 2. The van der Waals surface area contributed by atoms with Crippen LogP contribution < -0.4 is 10.1 Å².